The Bertz CT molecular complexity index is 636. The Morgan fingerprint density at radius 2 is 2.14 bits per heavy atom. The average Bonchev–Trinajstić information content (AvgIpc) is 2.94. The van der Waals surface area contributed by atoms with Crippen molar-refractivity contribution in [1.82, 2.24) is 10.2 Å². The van der Waals surface area contributed by atoms with Gasteiger partial charge in [-0.2, -0.15) is 5.10 Å². The predicted octanol–water partition coefficient (Wildman–Crippen LogP) is 1.50. The van der Waals surface area contributed by atoms with Crippen LogP contribution in [0.4, 0.5) is 5.69 Å². The molecule has 21 heavy (non-hydrogen) atoms. The number of aromatic amines is 1. The number of H-pyrrole nitrogens is 1. The summed E-state index contributed by atoms with van der Waals surface area (Å²) in [6.45, 7) is 2.09. The van der Waals surface area contributed by atoms with Gasteiger partial charge in [-0.1, -0.05) is 23.4 Å². The van der Waals surface area contributed by atoms with Crippen molar-refractivity contribution in [2.45, 2.75) is 13.3 Å². The van der Waals surface area contributed by atoms with Gasteiger partial charge >= 0.3 is 0 Å². The lowest BCUT2D eigenvalue weighted by Crippen LogP contribution is -2.34. The van der Waals surface area contributed by atoms with Crippen molar-refractivity contribution < 1.29 is 10.0 Å². The first-order chi connectivity index (χ1) is 10.1. The van der Waals surface area contributed by atoms with Gasteiger partial charge in [-0.05, 0) is 19.1 Å². The third-order valence-electron chi connectivity index (χ3n) is 3.09. The maximum Gasteiger partial charge on any atom is 0.261 e. The van der Waals surface area contributed by atoms with Crippen LogP contribution in [0.3, 0.4) is 0 Å². The third kappa shape index (κ3) is 3.38. The summed E-state index contributed by atoms with van der Waals surface area (Å²) in [7, 11) is 0. The lowest BCUT2D eigenvalue weighted by Gasteiger charge is -2.22. The van der Waals surface area contributed by atoms with E-state index in [-0.39, 0.29) is 18.2 Å². The summed E-state index contributed by atoms with van der Waals surface area (Å²) >= 11 is 0. The van der Waals surface area contributed by atoms with Gasteiger partial charge in [0.1, 0.15) is 5.84 Å². The summed E-state index contributed by atoms with van der Waals surface area (Å²) in [5.41, 5.74) is 7.43. The van der Waals surface area contributed by atoms with E-state index in [1.54, 1.807) is 11.8 Å². The lowest BCUT2D eigenvalue weighted by molar-refractivity contribution is 0.0987. The Labute approximate surface area is 122 Å². The molecule has 0 radical (unpaired) electrons. The average molecular weight is 287 g/mol. The third-order valence-corrected chi connectivity index (χ3v) is 3.09. The maximum absolute atomic E-state index is 12.7. The molecule has 0 spiro atoms. The van der Waals surface area contributed by atoms with E-state index in [1.165, 1.54) is 6.20 Å². The summed E-state index contributed by atoms with van der Waals surface area (Å²) in [5, 5.41) is 18.2. The van der Waals surface area contributed by atoms with Crippen LogP contribution in [0, 0.1) is 6.92 Å². The van der Waals surface area contributed by atoms with E-state index in [0.717, 1.165) is 5.69 Å². The van der Waals surface area contributed by atoms with Crippen molar-refractivity contribution in [2.75, 3.05) is 11.4 Å². The van der Waals surface area contributed by atoms with Crippen LogP contribution in [0.2, 0.25) is 0 Å². The molecule has 1 aromatic carbocycles. The molecule has 1 amide bonds. The fourth-order valence-corrected chi connectivity index (χ4v) is 1.94. The number of anilines is 1. The van der Waals surface area contributed by atoms with E-state index in [1.807, 2.05) is 30.3 Å². The highest BCUT2D eigenvalue weighted by Crippen LogP contribution is 2.18. The quantitative estimate of drug-likeness (QED) is 0.335. The molecular weight excluding hydrogens is 270 g/mol. The SMILES string of the molecule is Cc1[nH]ncc1C(=O)N(CCC(N)=NO)c1ccccc1. The van der Waals surface area contributed by atoms with E-state index in [2.05, 4.69) is 15.4 Å². The number of amides is 1. The molecule has 0 saturated carbocycles. The van der Waals surface area contributed by atoms with Crippen LogP contribution >= 0.6 is 0 Å². The topological polar surface area (TPSA) is 108 Å². The minimum absolute atomic E-state index is 0.0765. The van der Waals surface area contributed by atoms with E-state index in [4.69, 9.17) is 10.9 Å². The van der Waals surface area contributed by atoms with Crippen molar-refractivity contribution in [3.05, 3.63) is 47.8 Å². The molecule has 7 heteroatoms. The molecule has 0 aliphatic carbocycles. The molecule has 0 aliphatic heterocycles. The smallest absolute Gasteiger partial charge is 0.261 e. The van der Waals surface area contributed by atoms with Crippen LogP contribution in [-0.2, 0) is 0 Å². The molecular formula is C14H17N5O2. The molecule has 0 unspecified atom stereocenters. The van der Waals surface area contributed by atoms with E-state index in [9.17, 15) is 4.79 Å². The molecule has 0 saturated heterocycles. The van der Waals surface area contributed by atoms with Crippen molar-refractivity contribution >= 4 is 17.4 Å². The molecule has 4 N–H and O–H groups in total. The minimum Gasteiger partial charge on any atom is -0.409 e. The summed E-state index contributed by atoms with van der Waals surface area (Å²) in [6.07, 6.45) is 1.77. The number of rotatable bonds is 5. The molecule has 0 fully saturated rings. The number of nitrogens with two attached hydrogens (primary N) is 1. The fraction of sp³-hybridized carbons (Fsp3) is 0.214. The number of benzene rings is 1. The number of hydrogen-bond acceptors (Lipinski definition) is 4. The Balaban J connectivity index is 2.28. The molecule has 1 heterocycles. The Morgan fingerprint density at radius 3 is 2.71 bits per heavy atom. The molecule has 0 bridgehead atoms. The van der Waals surface area contributed by atoms with Gasteiger partial charge in [0.25, 0.3) is 5.91 Å². The molecule has 0 atom stereocenters. The first kappa shape index (κ1) is 14.6. The Morgan fingerprint density at radius 1 is 1.43 bits per heavy atom. The normalized spacial score (nSPS) is 11.4. The van der Waals surface area contributed by atoms with Gasteiger partial charge in [-0.25, -0.2) is 0 Å². The molecule has 7 nitrogen and oxygen atoms in total. The second kappa shape index (κ2) is 6.56. The molecule has 110 valence electrons. The molecule has 2 aromatic rings. The van der Waals surface area contributed by atoms with Crippen molar-refractivity contribution in [1.29, 1.82) is 0 Å². The first-order valence-electron chi connectivity index (χ1n) is 6.46. The second-order valence-corrected chi connectivity index (χ2v) is 4.54. The van der Waals surface area contributed by atoms with Crippen molar-refractivity contribution in [3.63, 3.8) is 0 Å². The van der Waals surface area contributed by atoms with Gasteiger partial charge in [0.15, 0.2) is 0 Å². The number of nitrogens with one attached hydrogen (secondary N) is 1. The van der Waals surface area contributed by atoms with Crippen LogP contribution in [0.5, 0.6) is 0 Å². The van der Waals surface area contributed by atoms with Gasteiger partial charge < -0.3 is 15.8 Å². The number of carbonyl (C=O) groups excluding carboxylic acids is 1. The fourth-order valence-electron chi connectivity index (χ4n) is 1.94. The maximum atomic E-state index is 12.7. The first-order valence-corrected chi connectivity index (χ1v) is 6.46. The second-order valence-electron chi connectivity index (χ2n) is 4.54. The van der Waals surface area contributed by atoms with Gasteiger partial charge in [0.05, 0.1) is 11.8 Å². The van der Waals surface area contributed by atoms with E-state index >= 15 is 0 Å². The van der Waals surface area contributed by atoms with E-state index < -0.39 is 0 Å². The van der Waals surface area contributed by atoms with Gasteiger partial charge in [0, 0.05) is 24.3 Å². The standard InChI is InChI=1S/C14H17N5O2/c1-10-12(9-16-17-10)14(20)19(8-7-13(15)18-21)11-5-3-2-4-6-11/h2-6,9,21H,7-8H2,1H3,(H2,15,18)(H,16,17). The van der Waals surface area contributed by atoms with Gasteiger partial charge in [0.2, 0.25) is 0 Å². The van der Waals surface area contributed by atoms with Gasteiger partial charge in [-0.15, -0.1) is 0 Å². The lowest BCUT2D eigenvalue weighted by atomic mass is 10.2. The molecule has 1 aromatic heterocycles. The summed E-state index contributed by atoms with van der Waals surface area (Å²) < 4.78 is 0. The van der Waals surface area contributed by atoms with E-state index in [0.29, 0.717) is 17.8 Å². The highest BCUT2D eigenvalue weighted by molar-refractivity contribution is 6.06. The zero-order valence-corrected chi connectivity index (χ0v) is 11.7. The number of oxime groups is 1. The van der Waals surface area contributed by atoms with Crippen molar-refractivity contribution in [3.8, 4) is 0 Å². The minimum atomic E-state index is -0.182. The summed E-state index contributed by atoms with van der Waals surface area (Å²) in [4.78, 5) is 14.2. The number of hydrogen-bond donors (Lipinski definition) is 3. The largest absolute Gasteiger partial charge is 0.409 e. The summed E-state index contributed by atoms with van der Waals surface area (Å²) in [5.74, 6) is -0.106. The monoisotopic (exact) mass is 287 g/mol. The zero-order chi connectivity index (χ0) is 15.2. The molecule has 2 rings (SSSR count). The highest BCUT2D eigenvalue weighted by atomic mass is 16.4. The van der Waals surface area contributed by atoms with Gasteiger partial charge in [-0.3, -0.25) is 9.89 Å². The number of carbonyl (C=O) groups is 1. The number of nitrogens with zero attached hydrogens (tertiary/aromatic N) is 3. The Kier molecular flexibility index (Phi) is 4.55. The zero-order valence-electron chi connectivity index (χ0n) is 11.7. The van der Waals surface area contributed by atoms with Crippen molar-refractivity contribution in [2.24, 2.45) is 10.9 Å². The van der Waals surface area contributed by atoms with Crippen LogP contribution in [0.25, 0.3) is 0 Å². The predicted molar refractivity (Wildman–Crippen MR) is 79.5 cm³/mol. The summed E-state index contributed by atoms with van der Waals surface area (Å²) in [6, 6.07) is 9.24. The Hall–Kier alpha value is -2.83. The highest BCUT2D eigenvalue weighted by Gasteiger charge is 2.20. The van der Waals surface area contributed by atoms with Crippen LogP contribution in [0.1, 0.15) is 22.5 Å². The number of para-hydroxylation sites is 1. The number of aromatic nitrogens is 2. The number of aryl methyl sites for hydroxylation is 1. The van der Waals surface area contributed by atoms with Crippen LogP contribution in [0.15, 0.2) is 41.7 Å². The van der Waals surface area contributed by atoms with Crippen LogP contribution in [-0.4, -0.2) is 33.7 Å². The number of amidine groups is 1. The van der Waals surface area contributed by atoms with Crippen LogP contribution < -0.4 is 10.6 Å². The molecule has 0 aliphatic rings.